The lowest BCUT2D eigenvalue weighted by atomic mass is 9.59. The molecule has 3 aromatic carbocycles. The van der Waals surface area contributed by atoms with Crippen LogP contribution in [-0.4, -0.2) is 45.7 Å². The van der Waals surface area contributed by atoms with Gasteiger partial charge >= 0.3 is 7.12 Å². The zero-order chi connectivity index (χ0) is 29.4. The molecule has 1 saturated heterocycles. The minimum absolute atomic E-state index is 0.0101. The van der Waals surface area contributed by atoms with Crippen LogP contribution in [0.3, 0.4) is 0 Å². The number of nitrogens with zero attached hydrogens (tertiary/aromatic N) is 1. The molecule has 1 heterocycles. The first kappa shape index (κ1) is 26.3. The fourth-order valence-electron chi connectivity index (χ4n) is 7.30. The Kier molecular flexibility index (Phi) is 5.94. The van der Waals surface area contributed by atoms with Crippen molar-refractivity contribution < 1.29 is 34.3 Å². The summed E-state index contributed by atoms with van der Waals surface area (Å²) in [6.45, 7) is 1.60. The second kappa shape index (κ2) is 9.47. The number of benzene rings is 3. The Labute approximate surface area is 241 Å². The first-order valence-electron chi connectivity index (χ1n) is 13.9. The van der Waals surface area contributed by atoms with Crippen molar-refractivity contribution in [2.45, 2.75) is 25.7 Å². The van der Waals surface area contributed by atoms with Gasteiger partial charge < -0.3 is 15.2 Å². The summed E-state index contributed by atoms with van der Waals surface area (Å²) >= 11 is 0. The molecule has 7 rings (SSSR count). The maximum atomic E-state index is 14.1. The number of Topliss-reactive ketones (excluding diaryl/α,β-unsaturated/α-hetero) is 1. The van der Waals surface area contributed by atoms with E-state index in [9.17, 15) is 34.3 Å². The van der Waals surface area contributed by atoms with Gasteiger partial charge in [-0.1, -0.05) is 60.2 Å². The van der Waals surface area contributed by atoms with Crippen molar-refractivity contribution in [1.82, 2.24) is 0 Å². The number of phenols is 1. The van der Waals surface area contributed by atoms with E-state index >= 15 is 0 Å². The summed E-state index contributed by atoms with van der Waals surface area (Å²) in [5.41, 5.74) is 2.58. The van der Waals surface area contributed by atoms with Gasteiger partial charge in [-0.3, -0.25) is 24.1 Å². The summed E-state index contributed by atoms with van der Waals surface area (Å²) in [5.74, 6) is -4.14. The average molecular weight is 559 g/mol. The van der Waals surface area contributed by atoms with E-state index in [0.29, 0.717) is 27.7 Å². The maximum Gasteiger partial charge on any atom is 0.488 e. The Morgan fingerprint density at radius 2 is 1.69 bits per heavy atom. The lowest BCUT2D eigenvalue weighted by molar-refractivity contribution is -0.123. The van der Waals surface area contributed by atoms with Crippen LogP contribution in [0, 0.1) is 17.8 Å². The van der Waals surface area contributed by atoms with Gasteiger partial charge in [-0.15, -0.1) is 0 Å². The van der Waals surface area contributed by atoms with Crippen molar-refractivity contribution in [2.75, 3.05) is 4.90 Å². The zero-order valence-electron chi connectivity index (χ0n) is 22.7. The van der Waals surface area contributed by atoms with Gasteiger partial charge in [-0.25, -0.2) is 0 Å². The van der Waals surface area contributed by atoms with Crippen LogP contribution >= 0.6 is 0 Å². The van der Waals surface area contributed by atoms with E-state index in [4.69, 9.17) is 0 Å². The molecule has 0 aromatic heterocycles. The molecule has 0 spiro atoms. The monoisotopic (exact) mass is 559 g/mol. The molecule has 3 N–H and O–H groups in total. The molecular formula is C33H26BNO7. The normalized spacial score (nSPS) is 25.3. The molecule has 0 saturated carbocycles. The molecule has 4 aliphatic rings. The number of anilines is 1. The highest BCUT2D eigenvalue weighted by Crippen LogP contribution is 2.56. The van der Waals surface area contributed by atoms with Gasteiger partial charge in [-0.2, -0.15) is 0 Å². The van der Waals surface area contributed by atoms with E-state index in [-0.39, 0.29) is 41.3 Å². The van der Waals surface area contributed by atoms with Gasteiger partial charge in [0.25, 0.3) is 0 Å². The van der Waals surface area contributed by atoms with Crippen LogP contribution in [0.1, 0.15) is 31.2 Å². The fourth-order valence-corrected chi connectivity index (χ4v) is 7.30. The summed E-state index contributed by atoms with van der Waals surface area (Å²) in [6, 6.07) is 17.0. The molecule has 1 aliphatic heterocycles. The maximum absolute atomic E-state index is 14.1. The number of rotatable bonds is 3. The van der Waals surface area contributed by atoms with Crippen molar-refractivity contribution in [3.05, 3.63) is 101 Å². The minimum Gasteiger partial charge on any atom is -0.507 e. The summed E-state index contributed by atoms with van der Waals surface area (Å²) < 4.78 is 0. The van der Waals surface area contributed by atoms with Crippen LogP contribution < -0.4 is 10.4 Å². The lowest BCUT2D eigenvalue weighted by Crippen LogP contribution is -2.40. The minimum atomic E-state index is -1.77. The second-order valence-corrected chi connectivity index (χ2v) is 11.4. The Morgan fingerprint density at radius 3 is 2.48 bits per heavy atom. The number of amides is 2. The van der Waals surface area contributed by atoms with Crippen LogP contribution in [0.2, 0.25) is 0 Å². The Balaban J connectivity index is 1.38. The molecule has 3 aliphatic carbocycles. The number of imide groups is 1. The highest BCUT2D eigenvalue weighted by atomic mass is 16.4. The quantitative estimate of drug-likeness (QED) is 0.195. The Hall–Kier alpha value is -4.60. The molecule has 9 heteroatoms. The van der Waals surface area contributed by atoms with E-state index < -0.39 is 42.6 Å². The van der Waals surface area contributed by atoms with Crippen LogP contribution in [-0.2, 0) is 19.2 Å². The summed E-state index contributed by atoms with van der Waals surface area (Å²) in [6.07, 6.45) is 3.62. The van der Waals surface area contributed by atoms with Gasteiger partial charge in [-0.05, 0) is 54.7 Å². The Morgan fingerprint density at radius 1 is 0.905 bits per heavy atom. The number of fused-ring (bicyclic) bond motifs is 4. The molecule has 1 fully saturated rings. The second-order valence-electron chi connectivity index (χ2n) is 11.4. The molecule has 42 heavy (non-hydrogen) atoms. The van der Waals surface area contributed by atoms with Crippen LogP contribution in [0.15, 0.2) is 95.1 Å². The standard InChI is InChI=1S/C33H26BNO7/c1-16-13-26(36)25-15-24-21(27(29(25)30(16)37)22-10-9-17-5-2-3-8-20(17)31(22)38)11-12-23-28(24)33(40)35(32(23)39)19-7-4-6-18(14-19)34(41)42/h2-11,13-14,23-24,27-28,38,41-42H,12,15H2,1H3/t23-,24+,27+,28-/m0/s1. The predicted octanol–water partition coefficient (Wildman–Crippen LogP) is 2.86. The van der Waals surface area contributed by atoms with Gasteiger partial charge in [0.1, 0.15) is 5.75 Å². The number of allylic oxidation sites excluding steroid dienone is 6. The van der Waals surface area contributed by atoms with E-state index in [0.717, 1.165) is 15.9 Å². The van der Waals surface area contributed by atoms with E-state index in [1.165, 1.54) is 18.2 Å². The van der Waals surface area contributed by atoms with Gasteiger partial charge in [0.2, 0.25) is 11.8 Å². The van der Waals surface area contributed by atoms with Crippen molar-refractivity contribution in [2.24, 2.45) is 17.8 Å². The number of carbonyl (C=O) groups excluding carboxylic acids is 4. The third-order valence-corrected chi connectivity index (χ3v) is 9.23. The lowest BCUT2D eigenvalue weighted by Gasteiger charge is -2.42. The highest BCUT2D eigenvalue weighted by Gasteiger charge is 2.57. The molecule has 4 atom stereocenters. The number of phenolic OH excluding ortho intramolecular Hbond substituents is 1. The number of aromatic hydroxyl groups is 1. The summed E-state index contributed by atoms with van der Waals surface area (Å²) in [5, 5.41) is 32.3. The fraction of sp³-hybridized carbons (Fsp3) is 0.212. The number of hydrogen-bond donors (Lipinski definition) is 3. The average Bonchev–Trinajstić information content (AvgIpc) is 3.25. The van der Waals surface area contributed by atoms with Crippen LogP contribution in [0.4, 0.5) is 5.69 Å². The molecule has 3 aromatic rings. The molecule has 8 nitrogen and oxygen atoms in total. The zero-order valence-corrected chi connectivity index (χ0v) is 22.7. The van der Waals surface area contributed by atoms with Gasteiger partial charge in [0, 0.05) is 33.6 Å². The first-order valence-corrected chi connectivity index (χ1v) is 13.9. The first-order chi connectivity index (χ1) is 20.2. The molecular weight excluding hydrogens is 533 g/mol. The predicted molar refractivity (Wildman–Crippen MR) is 156 cm³/mol. The molecule has 0 radical (unpaired) electrons. The largest absolute Gasteiger partial charge is 0.507 e. The SMILES string of the molecule is CC1=CC(=O)C2=C(C1=O)[C@@H](c1ccc3ccccc3c1O)C1=CC[C@@H]3C(=O)N(c4cccc(B(O)O)c4)C(=O)[C@@H]3[C@@H]1C2. The highest BCUT2D eigenvalue weighted by molar-refractivity contribution is 6.58. The number of carbonyl (C=O) groups is 4. The molecule has 208 valence electrons. The van der Waals surface area contributed by atoms with Crippen molar-refractivity contribution in [1.29, 1.82) is 0 Å². The Bertz CT molecular complexity index is 1850. The van der Waals surface area contributed by atoms with Crippen LogP contribution in [0.5, 0.6) is 5.75 Å². The summed E-state index contributed by atoms with van der Waals surface area (Å²) in [4.78, 5) is 55.9. The molecule has 2 amide bonds. The van der Waals surface area contributed by atoms with Crippen molar-refractivity contribution >= 4 is 52.4 Å². The van der Waals surface area contributed by atoms with E-state index in [1.54, 1.807) is 31.2 Å². The third-order valence-electron chi connectivity index (χ3n) is 9.23. The van der Waals surface area contributed by atoms with Gasteiger partial charge in [0.05, 0.1) is 17.5 Å². The van der Waals surface area contributed by atoms with Crippen molar-refractivity contribution in [3.8, 4) is 5.75 Å². The van der Waals surface area contributed by atoms with E-state index in [2.05, 4.69) is 0 Å². The topological polar surface area (TPSA) is 132 Å². The smallest absolute Gasteiger partial charge is 0.488 e. The number of hydrogen-bond acceptors (Lipinski definition) is 7. The third kappa shape index (κ3) is 3.70. The van der Waals surface area contributed by atoms with E-state index in [1.807, 2.05) is 30.3 Å². The van der Waals surface area contributed by atoms with Crippen LogP contribution in [0.25, 0.3) is 10.8 Å². The molecule has 0 bridgehead atoms. The molecule has 0 unspecified atom stereocenters. The van der Waals surface area contributed by atoms with Crippen molar-refractivity contribution in [3.63, 3.8) is 0 Å². The number of ketones is 2. The summed E-state index contributed by atoms with van der Waals surface area (Å²) in [7, 11) is -1.77. The van der Waals surface area contributed by atoms with Gasteiger partial charge in [0.15, 0.2) is 11.6 Å².